The number of hydrogen-bond acceptors (Lipinski definition) is 4. The van der Waals surface area contributed by atoms with Gasteiger partial charge in [-0.25, -0.2) is 4.98 Å². The lowest BCUT2D eigenvalue weighted by molar-refractivity contribution is -0.134. The maximum atomic E-state index is 12.4. The van der Waals surface area contributed by atoms with Gasteiger partial charge in [0, 0.05) is 35.0 Å². The first-order chi connectivity index (χ1) is 11.9. The first-order valence-corrected chi connectivity index (χ1v) is 9.54. The zero-order chi connectivity index (χ0) is 18.0. The molecule has 2 N–H and O–H groups in total. The van der Waals surface area contributed by atoms with E-state index in [1.807, 2.05) is 11.4 Å². The van der Waals surface area contributed by atoms with Gasteiger partial charge in [0.15, 0.2) is 0 Å². The maximum Gasteiger partial charge on any atom is 0.228 e. The van der Waals surface area contributed by atoms with E-state index >= 15 is 0 Å². The number of carbonyl (C=O) groups is 2. The van der Waals surface area contributed by atoms with Crippen molar-refractivity contribution in [3.63, 3.8) is 0 Å². The van der Waals surface area contributed by atoms with E-state index in [0.29, 0.717) is 41.7 Å². The number of nitrogens with two attached hydrogens (primary N) is 1. The summed E-state index contributed by atoms with van der Waals surface area (Å²) in [6, 6.07) is 5.26. The lowest BCUT2D eigenvalue weighted by atomic mass is 9.96. The van der Waals surface area contributed by atoms with Gasteiger partial charge in [0.1, 0.15) is 5.01 Å². The van der Waals surface area contributed by atoms with E-state index in [2.05, 4.69) is 4.98 Å². The number of benzene rings is 1. The van der Waals surface area contributed by atoms with E-state index in [-0.39, 0.29) is 24.2 Å². The summed E-state index contributed by atoms with van der Waals surface area (Å²) in [5, 5.41) is 3.74. The van der Waals surface area contributed by atoms with Crippen LogP contribution in [-0.2, 0) is 16.0 Å². The Kier molecular flexibility index (Phi) is 5.61. The highest BCUT2D eigenvalue weighted by Gasteiger charge is 2.26. The van der Waals surface area contributed by atoms with E-state index < -0.39 is 0 Å². The number of rotatable bonds is 4. The summed E-state index contributed by atoms with van der Waals surface area (Å²) in [6.45, 7) is 1.12. The van der Waals surface area contributed by atoms with Crippen molar-refractivity contribution in [1.29, 1.82) is 0 Å². The molecule has 2 heterocycles. The minimum absolute atomic E-state index is 0.0157. The van der Waals surface area contributed by atoms with Crippen LogP contribution in [0.15, 0.2) is 23.6 Å². The molecule has 8 heteroatoms. The Hall–Kier alpha value is -1.63. The number of carbonyl (C=O) groups excluding carboxylic acids is 2. The molecule has 1 aromatic heterocycles. The van der Waals surface area contributed by atoms with E-state index in [0.717, 1.165) is 10.6 Å². The second kappa shape index (κ2) is 7.72. The van der Waals surface area contributed by atoms with Crippen LogP contribution >= 0.6 is 34.5 Å². The molecule has 1 fully saturated rings. The molecule has 0 bridgehead atoms. The van der Waals surface area contributed by atoms with Gasteiger partial charge in [-0.3, -0.25) is 9.59 Å². The third kappa shape index (κ3) is 4.32. The van der Waals surface area contributed by atoms with E-state index in [9.17, 15) is 9.59 Å². The molecule has 0 spiro atoms. The van der Waals surface area contributed by atoms with Crippen LogP contribution in [0.2, 0.25) is 10.0 Å². The molecular formula is C17H17Cl2N3O2S. The van der Waals surface area contributed by atoms with Crippen molar-refractivity contribution in [2.24, 2.45) is 11.7 Å². The Balaban J connectivity index is 1.63. The zero-order valence-electron chi connectivity index (χ0n) is 13.4. The number of primary amides is 1. The number of hydrogen-bond donors (Lipinski definition) is 1. The Bertz CT molecular complexity index is 801. The molecule has 2 amide bonds. The SMILES string of the molecule is NC(=O)C1CCN(C(=O)Cc2csc(-c3ccc(Cl)cc3Cl)n2)CC1. The predicted molar refractivity (Wildman–Crippen MR) is 99.8 cm³/mol. The maximum absolute atomic E-state index is 12.4. The molecule has 0 saturated carbocycles. The summed E-state index contributed by atoms with van der Waals surface area (Å²) in [6.07, 6.45) is 1.50. The predicted octanol–water partition coefficient (Wildman–Crippen LogP) is 3.38. The first-order valence-electron chi connectivity index (χ1n) is 7.91. The Labute approximate surface area is 159 Å². The Morgan fingerprint density at radius 1 is 1.28 bits per heavy atom. The van der Waals surface area contributed by atoms with Crippen molar-refractivity contribution in [2.45, 2.75) is 19.3 Å². The number of aromatic nitrogens is 1. The van der Waals surface area contributed by atoms with Gasteiger partial charge in [-0.1, -0.05) is 23.2 Å². The molecule has 5 nitrogen and oxygen atoms in total. The van der Waals surface area contributed by atoms with Gasteiger partial charge in [0.25, 0.3) is 0 Å². The number of piperidine rings is 1. The monoisotopic (exact) mass is 397 g/mol. The number of thiazole rings is 1. The molecule has 0 radical (unpaired) electrons. The highest BCUT2D eigenvalue weighted by molar-refractivity contribution is 7.13. The fraction of sp³-hybridized carbons (Fsp3) is 0.353. The molecule has 1 saturated heterocycles. The smallest absolute Gasteiger partial charge is 0.228 e. The Morgan fingerprint density at radius 3 is 2.64 bits per heavy atom. The van der Waals surface area contributed by atoms with Crippen LogP contribution in [0.3, 0.4) is 0 Å². The topological polar surface area (TPSA) is 76.3 Å². The molecule has 0 unspecified atom stereocenters. The van der Waals surface area contributed by atoms with Gasteiger partial charge in [-0.2, -0.15) is 0 Å². The standard InChI is InChI=1S/C17H17Cl2N3O2S/c18-11-1-2-13(14(19)7-11)17-21-12(9-25-17)8-15(23)22-5-3-10(4-6-22)16(20)24/h1-2,7,9-10H,3-6,8H2,(H2,20,24). The molecule has 1 aromatic carbocycles. The van der Waals surface area contributed by atoms with Crippen molar-refractivity contribution in [3.05, 3.63) is 39.3 Å². The molecule has 132 valence electrons. The highest BCUT2D eigenvalue weighted by Crippen LogP contribution is 2.32. The van der Waals surface area contributed by atoms with Gasteiger partial charge in [-0.15, -0.1) is 11.3 Å². The molecule has 3 rings (SSSR count). The largest absolute Gasteiger partial charge is 0.369 e. The first kappa shape index (κ1) is 18.2. The number of amides is 2. The lowest BCUT2D eigenvalue weighted by Gasteiger charge is -2.30. The third-order valence-electron chi connectivity index (χ3n) is 4.30. The van der Waals surface area contributed by atoms with Crippen LogP contribution in [0.1, 0.15) is 18.5 Å². The zero-order valence-corrected chi connectivity index (χ0v) is 15.7. The van der Waals surface area contributed by atoms with Crippen LogP contribution in [0.4, 0.5) is 0 Å². The number of halogens is 2. The van der Waals surface area contributed by atoms with Crippen LogP contribution in [-0.4, -0.2) is 34.8 Å². The normalized spacial score (nSPS) is 15.4. The van der Waals surface area contributed by atoms with E-state index in [1.54, 1.807) is 17.0 Å². The summed E-state index contributed by atoms with van der Waals surface area (Å²) >= 11 is 13.6. The summed E-state index contributed by atoms with van der Waals surface area (Å²) in [7, 11) is 0. The molecule has 1 aliphatic heterocycles. The highest BCUT2D eigenvalue weighted by atomic mass is 35.5. The molecule has 0 aliphatic carbocycles. The van der Waals surface area contributed by atoms with Crippen molar-refractivity contribution in [2.75, 3.05) is 13.1 Å². The summed E-state index contributed by atoms with van der Waals surface area (Å²) in [5.41, 5.74) is 6.84. The van der Waals surface area contributed by atoms with Crippen molar-refractivity contribution in [3.8, 4) is 10.6 Å². The van der Waals surface area contributed by atoms with Crippen LogP contribution in [0.5, 0.6) is 0 Å². The fourth-order valence-electron chi connectivity index (χ4n) is 2.85. The minimum atomic E-state index is -0.281. The average molecular weight is 398 g/mol. The molecular weight excluding hydrogens is 381 g/mol. The van der Waals surface area contributed by atoms with Gasteiger partial charge in [-0.05, 0) is 31.0 Å². The van der Waals surface area contributed by atoms with Crippen molar-refractivity contribution >= 4 is 46.4 Å². The van der Waals surface area contributed by atoms with Gasteiger partial charge in [0.2, 0.25) is 11.8 Å². The summed E-state index contributed by atoms with van der Waals surface area (Å²) < 4.78 is 0. The number of nitrogens with zero attached hydrogens (tertiary/aromatic N) is 2. The third-order valence-corrected chi connectivity index (χ3v) is 5.77. The van der Waals surface area contributed by atoms with Gasteiger partial charge < -0.3 is 10.6 Å². The van der Waals surface area contributed by atoms with Gasteiger partial charge >= 0.3 is 0 Å². The van der Waals surface area contributed by atoms with Crippen molar-refractivity contribution < 1.29 is 9.59 Å². The Morgan fingerprint density at radius 2 is 2.00 bits per heavy atom. The van der Waals surface area contributed by atoms with E-state index in [1.165, 1.54) is 11.3 Å². The van der Waals surface area contributed by atoms with E-state index in [4.69, 9.17) is 28.9 Å². The molecule has 0 atom stereocenters. The fourth-order valence-corrected chi connectivity index (χ4v) is 4.27. The lowest BCUT2D eigenvalue weighted by Crippen LogP contribution is -2.42. The van der Waals surface area contributed by atoms with Crippen LogP contribution < -0.4 is 5.73 Å². The van der Waals surface area contributed by atoms with Gasteiger partial charge in [0.05, 0.1) is 17.1 Å². The van der Waals surface area contributed by atoms with Crippen molar-refractivity contribution in [1.82, 2.24) is 9.88 Å². The number of likely N-dealkylation sites (tertiary alicyclic amines) is 1. The van der Waals surface area contributed by atoms with Crippen LogP contribution in [0.25, 0.3) is 10.6 Å². The average Bonchev–Trinajstić information content (AvgIpc) is 3.03. The molecule has 2 aromatic rings. The van der Waals surface area contributed by atoms with Crippen LogP contribution in [0, 0.1) is 5.92 Å². The quantitative estimate of drug-likeness (QED) is 0.858. The summed E-state index contributed by atoms with van der Waals surface area (Å²) in [5.74, 6) is -0.389. The summed E-state index contributed by atoms with van der Waals surface area (Å²) in [4.78, 5) is 29.9. The second-order valence-electron chi connectivity index (χ2n) is 6.00. The minimum Gasteiger partial charge on any atom is -0.369 e. The molecule has 1 aliphatic rings. The second-order valence-corrected chi connectivity index (χ2v) is 7.70. The molecule has 25 heavy (non-hydrogen) atoms.